The first-order valence-electron chi connectivity index (χ1n) is 3.11. The highest BCUT2D eigenvalue weighted by Crippen LogP contribution is 2.03. The molecule has 0 radical (unpaired) electrons. The highest BCUT2D eigenvalue weighted by atomic mass is 32.2. The SMILES string of the molecule is C=CC(CCC)OS(=O)O. The lowest BCUT2D eigenvalue weighted by Crippen LogP contribution is -2.10. The summed E-state index contributed by atoms with van der Waals surface area (Å²) in [4.78, 5) is 0. The molecule has 0 saturated heterocycles. The number of rotatable bonds is 5. The van der Waals surface area contributed by atoms with E-state index in [1.54, 1.807) is 0 Å². The Morgan fingerprint density at radius 2 is 2.50 bits per heavy atom. The van der Waals surface area contributed by atoms with Gasteiger partial charge in [0.2, 0.25) is 0 Å². The second-order valence-electron chi connectivity index (χ2n) is 1.88. The molecule has 1 N–H and O–H groups in total. The van der Waals surface area contributed by atoms with Gasteiger partial charge in [-0.3, -0.25) is 8.74 Å². The van der Waals surface area contributed by atoms with Gasteiger partial charge in [0, 0.05) is 0 Å². The van der Waals surface area contributed by atoms with E-state index in [1.165, 1.54) is 6.08 Å². The van der Waals surface area contributed by atoms with Crippen molar-refractivity contribution in [2.45, 2.75) is 25.9 Å². The van der Waals surface area contributed by atoms with Crippen LogP contribution in [0.15, 0.2) is 12.7 Å². The predicted octanol–water partition coefficient (Wildman–Crippen LogP) is 1.49. The van der Waals surface area contributed by atoms with Crippen LogP contribution in [0.5, 0.6) is 0 Å². The third-order valence-corrected chi connectivity index (χ3v) is 1.45. The van der Waals surface area contributed by atoms with E-state index in [0.29, 0.717) is 0 Å². The first kappa shape index (κ1) is 9.81. The van der Waals surface area contributed by atoms with Gasteiger partial charge < -0.3 is 0 Å². The van der Waals surface area contributed by atoms with Crippen LogP contribution in [0.4, 0.5) is 0 Å². The molecule has 3 nitrogen and oxygen atoms in total. The lowest BCUT2D eigenvalue weighted by atomic mass is 10.2. The van der Waals surface area contributed by atoms with E-state index in [2.05, 4.69) is 10.8 Å². The fraction of sp³-hybridized carbons (Fsp3) is 0.667. The molecule has 4 heteroatoms. The van der Waals surface area contributed by atoms with Gasteiger partial charge in [-0.25, -0.2) is 0 Å². The fourth-order valence-electron chi connectivity index (χ4n) is 0.595. The molecule has 0 bridgehead atoms. The van der Waals surface area contributed by atoms with Crippen LogP contribution < -0.4 is 0 Å². The highest BCUT2D eigenvalue weighted by molar-refractivity contribution is 7.74. The minimum absolute atomic E-state index is 0.296. The molecule has 0 aliphatic rings. The van der Waals surface area contributed by atoms with Gasteiger partial charge in [-0.15, -0.1) is 6.58 Å². The molecule has 0 heterocycles. The van der Waals surface area contributed by atoms with E-state index in [4.69, 9.17) is 4.55 Å². The van der Waals surface area contributed by atoms with Crippen molar-refractivity contribution >= 4 is 11.4 Å². The number of hydrogen-bond donors (Lipinski definition) is 1. The van der Waals surface area contributed by atoms with Crippen LogP contribution in [-0.2, 0) is 15.5 Å². The molecule has 0 saturated carbocycles. The second kappa shape index (κ2) is 5.58. The van der Waals surface area contributed by atoms with Crippen LogP contribution in [0, 0.1) is 0 Å². The zero-order chi connectivity index (χ0) is 7.98. The van der Waals surface area contributed by atoms with E-state index in [-0.39, 0.29) is 6.10 Å². The molecule has 0 amide bonds. The Bertz CT molecular complexity index is 124. The van der Waals surface area contributed by atoms with Gasteiger partial charge in [-0.1, -0.05) is 19.4 Å². The van der Waals surface area contributed by atoms with E-state index in [9.17, 15) is 4.21 Å². The molecule has 0 aromatic carbocycles. The Morgan fingerprint density at radius 3 is 2.80 bits per heavy atom. The van der Waals surface area contributed by atoms with Gasteiger partial charge in [0.25, 0.3) is 0 Å². The Morgan fingerprint density at radius 1 is 1.90 bits per heavy atom. The topological polar surface area (TPSA) is 46.5 Å². The summed E-state index contributed by atoms with van der Waals surface area (Å²) in [7, 11) is 0. The van der Waals surface area contributed by atoms with Crippen molar-refractivity contribution in [2.75, 3.05) is 0 Å². The van der Waals surface area contributed by atoms with Gasteiger partial charge in [-0.05, 0) is 6.42 Å². The largest absolute Gasteiger partial charge is 0.302 e. The molecular weight excluding hydrogens is 152 g/mol. The molecule has 0 fully saturated rings. The normalized spacial score (nSPS) is 16.2. The number of hydrogen-bond acceptors (Lipinski definition) is 2. The van der Waals surface area contributed by atoms with Crippen molar-refractivity contribution < 1.29 is 12.9 Å². The fourth-order valence-corrected chi connectivity index (χ4v) is 0.982. The molecule has 60 valence electrons. The van der Waals surface area contributed by atoms with Gasteiger partial charge in [0.1, 0.15) is 0 Å². The zero-order valence-corrected chi connectivity index (χ0v) is 6.76. The molecule has 10 heavy (non-hydrogen) atoms. The molecule has 0 spiro atoms. The molecule has 0 aromatic heterocycles. The van der Waals surface area contributed by atoms with Crippen LogP contribution >= 0.6 is 0 Å². The monoisotopic (exact) mass is 164 g/mol. The first-order valence-corrected chi connectivity index (χ1v) is 4.14. The van der Waals surface area contributed by atoms with Crippen molar-refractivity contribution in [3.05, 3.63) is 12.7 Å². The molecule has 2 unspecified atom stereocenters. The molecule has 2 atom stereocenters. The molecular formula is C6H12O3S. The highest BCUT2D eigenvalue weighted by Gasteiger charge is 2.05. The summed E-state index contributed by atoms with van der Waals surface area (Å²) in [6.45, 7) is 5.43. The minimum atomic E-state index is -2.17. The summed E-state index contributed by atoms with van der Waals surface area (Å²) in [5.41, 5.74) is 0. The Balaban J connectivity index is 3.59. The Kier molecular flexibility index (Phi) is 5.48. The average molecular weight is 164 g/mol. The van der Waals surface area contributed by atoms with E-state index >= 15 is 0 Å². The minimum Gasteiger partial charge on any atom is -0.284 e. The van der Waals surface area contributed by atoms with E-state index < -0.39 is 11.4 Å². The van der Waals surface area contributed by atoms with E-state index in [0.717, 1.165) is 12.8 Å². The third kappa shape index (κ3) is 4.67. The molecule has 0 aromatic rings. The van der Waals surface area contributed by atoms with Gasteiger partial charge in [0.05, 0.1) is 6.10 Å². The van der Waals surface area contributed by atoms with Crippen LogP contribution in [0.1, 0.15) is 19.8 Å². The van der Waals surface area contributed by atoms with Crippen LogP contribution in [-0.4, -0.2) is 14.9 Å². The van der Waals surface area contributed by atoms with Gasteiger partial charge in [-0.2, -0.15) is 4.21 Å². The summed E-state index contributed by atoms with van der Waals surface area (Å²) in [5, 5.41) is 0. The molecule has 0 aliphatic carbocycles. The quantitative estimate of drug-likeness (QED) is 0.494. The molecule has 0 aliphatic heterocycles. The summed E-state index contributed by atoms with van der Waals surface area (Å²) in [6.07, 6.45) is 2.87. The van der Waals surface area contributed by atoms with Crippen molar-refractivity contribution in [3.63, 3.8) is 0 Å². The maximum atomic E-state index is 10.1. The van der Waals surface area contributed by atoms with Crippen molar-refractivity contribution in [1.82, 2.24) is 0 Å². The summed E-state index contributed by atoms with van der Waals surface area (Å²) >= 11 is -2.17. The van der Waals surface area contributed by atoms with Gasteiger partial charge in [0.15, 0.2) is 0 Å². The Labute approximate surface area is 63.6 Å². The average Bonchev–Trinajstić information content (AvgIpc) is 1.86. The summed E-state index contributed by atoms with van der Waals surface area (Å²) < 4.78 is 22.9. The van der Waals surface area contributed by atoms with Crippen molar-refractivity contribution in [3.8, 4) is 0 Å². The lowest BCUT2D eigenvalue weighted by molar-refractivity contribution is 0.237. The summed E-state index contributed by atoms with van der Waals surface area (Å²) in [5.74, 6) is 0. The zero-order valence-electron chi connectivity index (χ0n) is 5.95. The maximum absolute atomic E-state index is 10.1. The van der Waals surface area contributed by atoms with E-state index in [1.807, 2.05) is 6.92 Å². The van der Waals surface area contributed by atoms with Crippen molar-refractivity contribution in [1.29, 1.82) is 0 Å². The maximum Gasteiger partial charge on any atom is 0.302 e. The van der Waals surface area contributed by atoms with Crippen LogP contribution in [0.3, 0.4) is 0 Å². The first-order chi connectivity index (χ1) is 4.70. The van der Waals surface area contributed by atoms with Crippen molar-refractivity contribution in [2.24, 2.45) is 0 Å². The second-order valence-corrected chi connectivity index (χ2v) is 2.50. The standard InChI is InChI=1S/C6H12O3S/c1-3-5-6(4-2)9-10(7)8/h4,6H,2-3,5H2,1H3,(H,7,8). The predicted molar refractivity (Wildman–Crippen MR) is 40.7 cm³/mol. The summed E-state index contributed by atoms with van der Waals surface area (Å²) in [6, 6.07) is 0. The molecule has 0 rings (SSSR count). The third-order valence-electron chi connectivity index (χ3n) is 1.04. The van der Waals surface area contributed by atoms with Crippen LogP contribution in [0.2, 0.25) is 0 Å². The Hall–Kier alpha value is -0.190. The van der Waals surface area contributed by atoms with Gasteiger partial charge >= 0.3 is 11.4 Å². The smallest absolute Gasteiger partial charge is 0.284 e. The lowest BCUT2D eigenvalue weighted by Gasteiger charge is -2.06. The van der Waals surface area contributed by atoms with Crippen LogP contribution in [0.25, 0.3) is 0 Å².